The largest absolute Gasteiger partial charge is 0.481 e. The zero-order chi connectivity index (χ0) is 22.6. The van der Waals surface area contributed by atoms with Crippen molar-refractivity contribution in [3.05, 3.63) is 34.5 Å². The topological polar surface area (TPSA) is 90.4 Å². The van der Waals surface area contributed by atoms with Crippen LogP contribution in [0.3, 0.4) is 0 Å². The number of hydrogen-bond donors (Lipinski definition) is 1. The van der Waals surface area contributed by atoms with Gasteiger partial charge in [0.1, 0.15) is 17.4 Å². The Morgan fingerprint density at radius 3 is 2.55 bits per heavy atom. The molecule has 0 spiro atoms. The minimum Gasteiger partial charge on any atom is -0.481 e. The molecule has 0 unspecified atom stereocenters. The van der Waals surface area contributed by atoms with E-state index in [0.29, 0.717) is 33.1 Å². The molecule has 1 saturated carbocycles. The molecular weight excluding hydrogens is 418 g/mol. The van der Waals surface area contributed by atoms with Gasteiger partial charge in [-0.2, -0.15) is 0 Å². The molecule has 0 atom stereocenters. The highest BCUT2D eigenvalue weighted by Gasteiger charge is 2.27. The van der Waals surface area contributed by atoms with Crippen LogP contribution in [0, 0.1) is 5.92 Å². The first kappa shape index (κ1) is 23.0. The molecule has 2 aromatic heterocycles. The Morgan fingerprint density at radius 1 is 1.23 bits per heavy atom. The molecule has 0 aromatic carbocycles. The van der Waals surface area contributed by atoms with Crippen LogP contribution < -0.4 is 10.1 Å². The van der Waals surface area contributed by atoms with Gasteiger partial charge >= 0.3 is 6.09 Å². The van der Waals surface area contributed by atoms with Gasteiger partial charge in [0.2, 0.25) is 5.88 Å². The number of pyridine rings is 2. The van der Waals surface area contributed by atoms with E-state index in [1.54, 1.807) is 25.4 Å². The highest BCUT2D eigenvalue weighted by molar-refractivity contribution is 6.33. The summed E-state index contributed by atoms with van der Waals surface area (Å²) in [5.41, 5.74) is 2.05. The number of alkyl carbamates (subject to hydrolysis) is 1. The molecule has 1 aliphatic carbocycles. The second kappa shape index (κ2) is 9.64. The van der Waals surface area contributed by atoms with Crippen LogP contribution in [0.5, 0.6) is 5.88 Å². The van der Waals surface area contributed by atoms with Gasteiger partial charge in [0, 0.05) is 23.9 Å². The third kappa shape index (κ3) is 5.94. The lowest BCUT2D eigenvalue weighted by molar-refractivity contribution is -0.105. The molecule has 1 amide bonds. The molecule has 31 heavy (non-hydrogen) atoms. The molecule has 2 aromatic rings. The molecule has 166 valence electrons. The summed E-state index contributed by atoms with van der Waals surface area (Å²) in [4.78, 5) is 32.7. The van der Waals surface area contributed by atoms with Gasteiger partial charge < -0.3 is 14.8 Å². The molecule has 1 N–H and O–H groups in total. The molecule has 0 bridgehead atoms. The fourth-order valence-corrected chi connectivity index (χ4v) is 3.95. The van der Waals surface area contributed by atoms with Crippen molar-refractivity contribution < 1.29 is 19.1 Å². The van der Waals surface area contributed by atoms with E-state index in [4.69, 9.17) is 21.1 Å². The first-order valence-electron chi connectivity index (χ1n) is 10.4. The van der Waals surface area contributed by atoms with Gasteiger partial charge in [-0.15, -0.1) is 0 Å². The van der Waals surface area contributed by atoms with Gasteiger partial charge in [0.25, 0.3) is 0 Å². The van der Waals surface area contributed by atoms with E-state index in [-0.39, 0.29) is 12.0 Å². The maximum Gasteiger partial charge on any atom is 0.407 e. The lowest BCUT2D eigenvalue weighted by Crippen LogP contribution is -2.41. The number of nitrogens with one attached hydrogen (secondary N) is 1. The Morgan fingerprint density at radius 2 is 1.94 bits per heavy atom. The second-order valence-electron chi connectivity index (χ2n) is 8.70. The molecular formula is C23H28ClN3O4. The van der Waals surface area contributed by atoms with E-state index in [1.807, 2.05) is 26.8 Å². The molecule has 0 saturated heterocycles. The van der Waals surface area contributed by atoms with Gasteiger partial charge in [-0.05, 0) is 70.1 Å². The summed E-state index contributed by atoms with van der Waals surface area (Å²) >= 11 is 6.41. The quantitative estimate of drug-likeness (QED) is 0.516. The average molecular weight is 446 g/mol. The summed E-state index contributed by atoms with van der Waals surface area (Å²) in [6.45, 7) is 5.51. The summed E-state index contributed by atoms with van der Waals surface area (Å²) in [5.74, 6) is 0.534. The number of fused-ring (bicyclic) bond motifs is 1. The fraction of sp³-hybridized carbons (Fsp3) is 0.478. The summed E-state index contributed by atoms with van der Waals surface area (Å²) in [7, 11) is 1.54. The Bertz CT molecular complexity index is 992. The average Bonchev–Trinajstić information content (AvgIpc) is 2.72. The smallest absolute Gasteiger partial charge is 0.407 e. The predicted octanol–water partition coefficient (Wildman–Crippen LogP) is 4.96. The third-order valence-corrected chi connectivity index (χ3v) is 5.55. The van der Waals surface area contributed by atoms with Crippen molar-refractivity contribution in [1.82, 2.24) is 15.3 Å². The van der Waals surface area contributed by atoms with Crippen LogP contribution in [0.1, 0.15) is 52.0 Å². The number of rotatable bonds is 5. The maximum absolute atomic E-state index is 12.0. The SMILES string of the molecule is COc1ccc2ncc(Cl)c(/C=C(\C=O)[C@H]3CC[C@H](NC(=O)OC(C)(C)C)CC3)c2n1. The van der Waals surface area contributed by atoms with Crippen molar-refractivity contribution in [3.63, 3.8) is 0 Å². The van der Waals surface area contributed by atoms with Crippen molar-refractivity contribution in [1.29, 1.82) is 0 Å². The molecule has 7 nitrogen and oxygen atoms in total. The number of methoxy groups -OCH3 is 1. The summed E-state index contributed by atoms with van der Waals surface area (Å²) in [5, 5.41) is 3.35. The number of amides is 1. The van der Waals surface area contributed by atoms with E-state index in [2.05, 4.69) is 15.3 Å². The molecule has 2 heterocycles. The van der Waals surface area contributed by atoms with Gasteiger partial charge in [0.15, 0.2) is 0 Å². The van der Waals surface area contributed by atoms with Gasteiger partial charge in [-0.3, -0.25) is 9.78 Å². The maximum atomic E-state index is 12.0. The highest BCUT2D eigenvalue weighted by atomic mass is 35.5. The van der Waals surface area contributed by atoms with E-state index in [1.165, 1.54) is 0 Å². The van der Waals surface area contributed by atoms with E-state index >= 15 is 0 Å². The van der Waals surface area contributed by atoms with Crippen molar-refractivity contribution in [3.8, 4) is 5.88 Å². The minimum absolute atomic E-state index is 0.0373. The molecule has 1 aliphatic rings. The van der Waals surface area contributed by atoms with Crippen LogP contribution in [0.25, 0.3) is 17.1 Å². The van der Waals surface area contributed by atoms with Crippen molar-refractivity contribution in [2.75, 3.05) is 7.11 Å². The lowest BCUT2D eigenvalue weighted by atomic mass is 9.81. The summed E-state index contributed by atoms with van der Waals surface area (Å²) in [6, 6.07) is 3.58. The van der Waals surface area contributed by atoms with Crippen LogP contribution in [0.2, 0.25) is 5.02 Å². The zero-order valence-corrected chi connectivity index (χ0v) is 19.0. The Balaban J connectivity index is 1.76. The predicted molar refractivity (Wildman–Crippen MR) is 120 cm³/mol. The third-order valence-electron chi connectivity index (χ3n) is 5.25. The number of carbonyl (C=O) groups is 2. The molecule has 8 heteroatoms. The number of aromatic nitrogens is 2. The summed E-state index contributed by atoms with van der Waals surface area (Å²) < 4.78 is 10.6. The number of halogens is 1. The lowest BCUT2D eigenvalue weighted by Gasteiger charge is -2.30. The van der Waals surface area contributed by atoms with Gasteiger partial charge in [-0.1, -0.05) is 11.6 Å². The number of ether oxygens (including phenoxy) is 2. The van der Waals surface area contributed by atoms with Crippen LogP contribution in [0.15, 0.2) is 23.9 Å². The highest BCUT2D eigenvalue weighted by Crippen LogP contribution is 2.33. The van der Waals surface area contributed by atoms with Gasteiger partial charge in [0.05, 0.1) is 17.6 Å². The van der Waals surface area contributed by atoms with Crippen LogP contribution in [-0.2, 0) is 9.53 Å². The van der Waals surface area contributed by atoms with E-state index in [0.717, 1.165) is 32.0 Å². The number of carbonyl (C=O) groups excluding carboxylic acids is 2. The monoisotopic (exact) mass is 445 g/mol. The van der Waals surface area contributed by atoms with Crippen LogP contribution >= 0.6 is 11.6 Å². The fourth-order valence-electron chi connectivity index (χ4n) is 3.76. The Kier molecular flexibility index (Phi) is 7.15. The van der Waals surface area contributed by atoms with Crippen LogP contribution in [-0.4, -0.2) is 41.1 Å². The number of allylic oxidation sites excluding steroid dienone is 1. The molecule has 1 fully saturated rings. The standard InChI is InChI=1S/C23H28ClN3O4/c1-23(2,3)31-22(29)26-16-7-5-14(6-8-16)15(13-28)11-17-18(24)12-25-19-9-10-20(30-4)27-21(17)19/h9-14,16H,5-8H2,1-4H3,(H,26,29)/b15-11+/t14-,16-. The number of nitrogens with zero attached hydrogens (tertiary/aromatic N) is 2. The van der Waals surface area contributed by atoms with E-state index < -0.39 is 11.7 Å². The minimum atomic E-state index is -0.530. The van der Waals surface area contributed by atoms with Crippen molar-refractivity contribution in [2.45, 2.75) is 58.1 Å². The van der Waals surface area contributed by atoms with Gasteiger partial charge in [-0.25, -0.2) is 9.78 Å². The molecule has 3 rings (SSSR count). The van der Waals surface area contributed by atoms with Crippen molar-refractivity contribution >= 4 is 41.1 Å². The van der Waals surface area contributed by atoms with E-state index in [9.17, 15) is 9.59 Å². The first-order valence-corrected chi connectivity index (χ1v) is 10.7. The molecule has 0 aliphatic heterocycles. The van der Waals surface area contributed by atoms with Crippen molar-refractivity contribution in [2.24, 2.45) is 5.92 Å². The summed E-state index contributed by atoms with van der Waals surface area (Å²) in [6.07, 6.45) is 6.95. The zero-order valence-electron chi connectivity index (χ0n) is 18.3. The Hall–Kier alpha value is -2.67. The normalized spacial score (nSPS) is 19.7. The number of aldehydes is 1. The Labute approximate surface area is 187 Å². The first-order chi connectivity index (χ1) is 14.7. The van der Waals surface area contributed by atoms with Crippen LogP contribution in [0.4, 0.5) is 4.79 Å². The second-order valence-corrected chi connectivity index (χ2v) is 9.11. The molecule has 0 radical (unpaired) electrons. The number of hydrogen-bond acceptors (Lipinski definition) is 6.